The van der Waals surface area contributed by atoms with Crippen LogP contribution in [0.25, 0.3) is 0 Å². The normalized spacial score (nSPS) is 27.2. The Kier molecular flexibility index (Phi) is 5.18. The fraction of sp³-hybridized carbons (Fsp3) is 0.526. The van der Waals surface area contributed by atoms with E-state index in [9.17, 15) is 14.4 Å². The van der Waals surface area contributed by atoms with Crippen molar-refractivity contribution in [2.45, 2.75) is 38.4 Å². The Bertz CT molecular complexity index is 786. The van der Waals surface area contributed by atoms with Crippen LogP contribution in [0.5, 0.6) is 0 Å². The zero-order chi connectivity index (χ0) is 18.5. The molecule has 1 aromatic carbocycles. The molecule has 1 aromatic rings. The van der Waals surface area contributed by atoms with Crippen molar-refractivity contribution in [1.82, 2.24) is 15.1 Å². The molecule has 3 aliphatic heterocycles. The second kappa shape index (κ2) is 7.13. The number of carbonyl (C=O) groups excluding carboxylic acids is 3. The molecule has 3 aliphatic rings. The number of hydrogen-bond donors (Lipinski definition) is 1. The average molecular weight is 393 g/mol. The molecule has 2 fully saturated rings. The lowest BCUT2D eigenvalue weighted by molar-refractivity contribution is -0.136. The van der Waals surface area contributed by atoms with Gasteiger partial charge >= 0.3 is 0 Å². The van der Waals surface area contributed by atoms with Crippen molar-refractivity contribution in [3.8, 4) is 0 Å². The van der Waals surface area contributed by atoms with Gasteiger partial charge in [0.2, 0.25) is 11.8 Å². The summed E-state index contributed by atoms with van der Waals surface area (Å²) in [5.41, 5.74) is 0.359. The van der Waals surface area contributed by atoms with Crippen LogP contribution >= 0.6 is 12.4 Å². The van der Waals surface area contributed by atoms with Crippen molar-refractivity contribution >= 4 is 35.8 Å². The number of benzene rings is 1. The van der Waals surface area contributed by atoms with Gasteiger partial charge in [-0.15, -0.1) is 12.4 Å². The zero-order valence-electron chi connectivity index (χ0n) is 15.6. The first-order valence-corrected chi connectivity index (χ1v) is 9.18. The van der Waals surface area contributed by atoms with Gasteiger partial charge in [-0.3, -0.25) is 19.3 Å². The molecule has 146 valence electrons. The summed E-state index contributed by atoms with van der Waals surface area (Å²) in [6.07, 6.45) is 0.920. The number of carbonyl (C=O) groups is 3. The summed E-state index contributed by atoms with van der Waals surface area (Å²) >= 11 is 0. The molecule has 4 rings (SSSR count). The topological polar surface area (TPSA) is 73.0 Å². The van der Waals surface area contributed by atoms with Gasteiger partial charge in [-0.2, -0.15) is 0 Å². The molecule has 1 unspecified atom stereocenters. The van der Waals surface area contributed by atoms with Gasteiger partial charge in [0.25, 0.3) is 5.91 Å². The number of piperazine rings is 1. The average Bonchev–Trinajstić information content (AvgIpc) is 2.95. The Balaban J connectivity index is 0.00000210. The molecule has 2 saturated heterocycles. The minimum Gasteiger partial charge on any atom is -0.336 e. The molecule has 1 N–H and O–H groups in total. The van der Waals surface area contributed by atoms with Crippen LogP contribution in [0.3, 0.4) is 0 Å². The van der Waals surface area contributed by atoms with Crippen LogP contribution in [-0.4, -0.2) is 65.4 Å². The number of anilines is 1. The molecular weight excluding hydrogens is 368 g/mol. The van der Waals surface area contributed by atoms with Crippen molar-refractivity contribution in [3.63, 3.8) is 0 Å². The van der Waals surface area contributed by atoms with Gasteiger partial charge in [0.1, 0.15) is 12.2 Å². The Morgan fingerprint density at radius 2 is 2.04 bits per heavy atom. The first-order chi connectivity index (χ1) is 12.4. The number of rotatable bonds is 2. The van der Waals surface area contributed by atoms with E-state index < -0.39 is 5.66 Å². The highest BCUT2D eigenvalue weighted by atomic mass is 35.5. The predicted molar refractivity (Wildman–Crippen MR) is 104 cm³/mol. The molecular formula is C19H25ClN4O3. The van der Waals surface area contributed by atoms with Crippen molar-refractivity contribution in [2.24, 2.45) is 0 Å². The molecule has 0 radical (unpaired) electrons. The van der Waals surface area contributed by atoms with E-state index in [-0.39, 0.29) is 42.7 Å². The highest BCUT2D eigenvalue weighted by Crippen LogP contribution is 2.43. The lowest BCUT2D eigenvalue weighted by atomic mass is 9.98. The fourth-order valence-corrected chi connectivity index (χ4v) is 4.38. The van der Waals surface area contributed by atoms with Gasteiger partial charge in [0.15, 0.2) is 0 Å². The Hall–Kier alpha value is -2.12. The predicted octanol–water partition coefficient (Wildman–Crippen LogP) is 1.23. The maximum atomic E-state index is 13.2. The number of amides is 3. The van der Waals surface area contributed by atoms with Crippen LogP contribution in [0, 0.1) is 0 Å². The monoisotopic (exact) mass is 392 g/mol. The molecule has 0 bridgehead atoms. The van der Waals surface area contributed by atoms with Gasteiger partial charge in [0, 0.05) is 32.1 Å². The summed E-state index contributed by atoms with van der Waals surface area (Å²) in [6, 6.07) is 7.26. The van der Waals surface area contributed by atoms with Crippen LogP contribution < -0.4 is 10.2 Å². The maximum absolute atomic E-state index is 13.2. The molecule has 0 aliphatic carbocycles. The fourth-order valence-electron chi connectivity index (χ4n) is 4.38. The minimum atomic E-state index is -0.782. The molecule has 7 nitrogen and oxygen atoms in total. The third-order valence-corrected chi connectivity index (χ3v) is 5.86. The van der Waals surface area contributed by atoms with E-state index in [0.717, 1.165) is 13.1 Å². The van der Waals surface area contributed by atoms with Crippen molar-refractivity contribution in [2.75, 3.05) is 31.1 Å². The Labute approximate surface area is 165 Å². The van der Waals surface area contributed by atoms with E-state index in [4.69, 9.17) is 0 Å². The number of nitrogens with one attached hydrogen (secondary N) is 1. The molecule has 8 heteroatoms. The van der Waals surface area contributed by atoms with E-state index in [1.54, 1.807) is 21.9 Å². The summed E-state index contributed by atoms with van der Waals surface area (Å²) < 4.78 is 0. The van der Waals surface area contributed by atoms with Crippen LogP contribution in [-0.2, 0) is 9.59 Å². The maximum Gasteiger partial charge on any atom is 0.258 e. The Morgan fingerprint density at radius 1 is 1.30 bits per heavy atom. The third-order valence-electron chi connectivity index (χ3n) is 5.86. The number of nitrogens with zero attached hydrogens (tertiary/aromatic N) is 3. The first-order valence-electron chi connectivity index (χ1n) is 9.18. The van der Waals surface area contributed by atoms with E-state index in [1.165, 1.54) is 0 Å². The number of fused-ring (bicyclic) bond motifs is 3. The van der Waals surface area contributed by atoms with Gasteiger partial charge < -0.3 is 15.1 Å². The number of para-hydroxylation sites is 1. The largest absolute Gasteiger partial charge is 0.336 e. The standard InChI is InChI=1S/C19H24N4O3.ClH/c1-13-11-20-9-10-21(13)17(25)12-22-18(26)14-5-3-4-6-15(14)23-16(24)7-8-19(22,23)2;/h3-6,13,20H,7-12H2,1-2H3;1H/t13-,19?;/m1./s1. The van der Waals surface area contributed by atoms with Gasteiger partial charge in [0.05, 0.1) is 11.3 Å². The van der Waals surface area contributed by atoms with E-state index in [1.807, 2.05) is 30.9 Å². The van der Waals surface area contributed by atoms with Crippen LogP contribution in [0.4, 0.5) is 5.69 Å². The molecule has 27 heavy (non-hydrogen) atoms. The summed E-state index contributed by atoms with van der Waals surface area (Å²) in [7, 11) is 0. The quantitative estimate of drug-likeness (QED) is 0.821. The lowest BCUT2D eigenvalue weighted by Gasteiger charge is -2.49. The van der Waals surface area contributed by atoms with Crippen molar-refractivity contribution < 1.29 is 14.4 Å². The molecule has 3 amide bonds. The number of hydrogen-bond acceptors (Lipinski definition) is 4. The molecule has 2 atom stereocenters. The SMILES string of the molecule is C[C@@H]1CNCCN1C(=O)CN1C(=O)c2ccccc2N2C(=O)CCC12C.Cl. The minimum absolute atomic E-state index is 0. The van der Waals surface area contributed by atoms with Gasteiger partial charge in [-0.1, -0.05) is 12.1 Å². The van der Waals surface area contributed by atoms with E-state index >= 15 is 0 Å². The van der Waals surface area contributed by atoms with E-state index in [2.05, 4.69) is 5.32 Å². The number of halogens is 1. The van der Waals surface area contributed by atoms with Gasteiger partial charge in [-0.05, 0) is 32.4 Å². The molecule has 3 heterocycles. The third kappa shape index (κ3) is 2.99. The van der Waals surface area contributed by atoms with Crippen LogP contribution in [0.2, 0.25) is 0 Å². The van der Waals surface area contributed by atoms with Crippen molar-refractivity contribution in [1.29, 1.82) is 0 Å². The summed E-state index contributed by atoms with van der Waals surface area (Å²) in [6.45, 7) is 6.04. The summed E-state index contributed by atoms with van der Waals surface area (Å²) in [5.74, 6) is -0.238. The smallest absolute Gasteiger partial charge is 0.258 e. The summed E-state index contributed by atoms with van der Waals surface area (Å²) in [4.78, 5) is 43.8. The van der Waals surface area contributed by atoms with E-state index in [0.29, 0.717) is 30.6 Å². The Morgan fingerprint density at radius 3 is 2.78 bits per heavy atom. The van der Waals surface area contributed by atoms with Crippen molar-refractivity contribution in [3.05, 3.63) is 29.8 Å². The van der Waals surface area contributed by atoms with Gasteiger partial charge in [-0.25, -0.2) is 0 Å². The zero-order valence-corrected chi connectivity index (χ0v) is 16.4. The summed E-state index contributed by atoms with van der Waals surface area (Å²) in [5, 5.41) is 3.27. The van der Waals surface area contributed by atoms with Crippen LogP contribution in [0.15, 0.2) is 24.3 Å². The molecule has 0 spiro atoms. The second-order valence-corrected chi connectivity index (χ2v) is 7.49. The second-order valence-electron chi connectivity index (χ2n) is 7.49. The lowest BCUT2D eigenvalue weighted by Crippen LogP contribution is -2.65. The highest BCUT2D eigenvalue weighted by molar-refractivity contribution is 6.11. The molecule has 0 aromatic heterocycles. The molecule has 0 saturated carbocycles. The van der Waals surface area contributed by atoms with Crippen LogP contribution in [0.1, 0.15) is 37.0 Å². The highest BCUT2D eigenvalue weighted by Gasteiger charge is 2.53. The first kappa shape index (κ1) is 19.6.